The van der Waals surface area contributed by atoms with Crippen molar-refractivity contribution in [2.24, 2.45) is 0 Å². The number of carbonyl (C=O) groups is 2. The van der Waals surface area contributed by atoms with Gasteiger partial charge in [0, 0.05) is 23.5 Å². The van der Waals surface area contributed by atoms with E-state index in [0.717, 1.165) is 10.8 Å². The predicted molar refractivity (Wildman–Crippen MR) is 115 cm³/mol. The number of nitrogens with zero attached hydrogens (tertiary/aromatic N) is 1. The molecule has 7 nitrogen and oxygen atoms in total. The third-order valence-corrected chi connectivity index (χ3v) is 4.32. The number of hydrogen-bond donors (Lipinski definition) is 3. The third-order valence-electron chi connectivity index (χ3n) is 4.32. The molecule has 0 saturated carbocycles. The van der Waals surface area contributed by atoms with Gasteiger partial charge in [0.05, 0.1) is 6.04 Å². The normalized spacial score (nSPS) is 13.3. The Labute approximate surface area is 175 Å². The van der Waals surface area contributed by atoms with E-state index in [-0.39, 0.29) is 0 Å². The summed E-state index contributed by atoms with van der Waals surface area (Å²) in [7, 11) is 0. The molecule has 2 aromatic carbocycles. The lowest BCUT2D eigenvalue weighted by atomic mass is 10.0. The van der Waals surface area contributed by atoms with Crippen molar-refractivity contribution in [2.75, 3.05) is 5.32 Å². The Morgan fingerprint density at radius 2 is 1.77 bits per heavy atom. The summed E-state index contributed by atoms with van der Waals surface area (Å²) in [6.07, 6.45) is 1.14. The lowest BCUT2D eigenvalue weighted by Gasteiger charge is -2.26. The predicted octanol–water partition coefficient (Wildman–Crippen LogP) is 3.80. The molecule has 1 aromatic heterocycles. The van der Waals surface area contributed by atoms with Crippen LogP contribution in [0.2, 0.25) is 0 Å². The number of nitrogens with one attached hydrogen (secondary N) is 2. The van der Waals surface area contributed by atoms with Crippen molar-refractivity contribution in [2.45, 2.75) is 38.5 Å². The van der Waals surface area contributed by atoms with Gasteiger partial charge in [-0.15, -0.1) is 0 Å². The molecule has 7 heteroatoms. The summed E-state index contributed by atoms with van der Waals surface area (Å²) in [5.74, 6) is -0.645. The number of ether oxygens (including phenoxy) is 1. The molecule has 0 fully saturated rings. The van der Waals surface area contributed by atoms with Crippen molar-refractivity contribution in [1.82, 2.24) is 10.3 Å². The largest absolute Gasteiger partial charge is 0.444 e. The number of aliphatic hydroxyl groups excluding tert-OH is 1. The maximum Gasteiger partial charge on any atom is 0.408 e. The number of benzene rings is 2. The minimum atomic E-state index is -1.53. The lowest BCUT2D eigenvalue weighted by molar-refractivity contribution is -0.125. The van der Waals surface area contributed by atoms with Gasteiger partial charge in [-0.1, -0.05) is 36.4 Å². The molecule has 0 bridgehead atoms. The summed E-state index contributed by atoms with van der Waals surface area (Å²) < 4.78 is 5.29. The zero-order chi connectivity index (χ0) is 21.7. The summed E-state index contributed by atoms with van der Waals surface area (Å²) in [5.41, 5.74) is 0.399. The van der Waals surface area contributed by atoms with E-state index in [4.69, 9.17) is 4.74 Å². The van der Waals surface area contributed by atoms with Crippen LogP contribution >= 0.6 is 0 Å². The average Bonchev–Trinajstić information content (AvgIpc) is 2.70. The van der Waals surface area contributed by atoms with E-state index in [9.17, 15) is 14.7 Å². The van der Waals surface area contributed by atoms with Crippen molar-refractivity contribution in [3.05, 3.63) is 72.6 Å². The van der Waals surface area contributed by atoms with Gasteiger partial charge in [-0.2, -0.15) is 0 Å². The molecule has 0 unspecified atom stereocenters. The van der Waals surface area contributed by atoms with Gasteiger partial charge >= 0.3 is 6.09 Å². The number of fused-ring (bicyclic) bond motifs is 1. The number of aromatic nitrogens is 1. The SMILES string of the molecule is CC(C)(C)OC(=O)N[C@@H](c1ccccc1)[C@@H](O)C(=O)Nc1ccc2cnccc2c1. The Morgan fingerprint density at radius 3 is 2.47 bits per heavy atom. The summed E-state index contributed by atoms with van der Waals surface area (Å²) in [6.45, 7) is 5.22. The molecule has 156 valence electrons. The Bertz CT molecular complexity index is 1030. The van der Waals surface area contributed by atoms with Crippen molar-refractivity contribution < 1.29 is 19.4 Å². The molecule has 3 aromatic rings. The van der Waals surface area contributed by atoms with Crippen LogP contribution in [0.3, 0.4) is 0 Å². The second kappa shape index (κ2) is 8.92. The van der Waals surface area contributed by atoms with Crippen molar-refractivity contribution in [3.63, 3.8) is 0 Å². The number of hydrogen-bond acceptors (Lipinski definition) is 5. The van der Waals surface area contributed by atoms with Crippen LogP contribution in [0.1, 0.15) is 32.4 Å². The summed E-state index contributed by atoms with van der Waals surface area (Å²) >= 11 is 0. The van der Waals surface area contributed by atoms with Crippen LogP contribution in [0.5, 0.6) is 0 Å². The monoisotopic (exact) mass is 407 g/mol. The highest BCUT2D eigenvalue weighted by atomic mass is 16.6. The minimum absolute atomic E-state index is 0.529. The highest BCUT2D eigenvalue weighted by Crippen LogP contribution is 2.22. The molecule has 0 aliphatic rings. The van der Waals surface area contributed by atoms with Crippen LogP contribution in [0.25, 0.3) is 10.8 Å². The molecule has 0 spiro atoms. The molecular weight excluding hydrogens is 382 g/mol. The lowest BCUT2D eigenvalue weighted by Crippen LogP contribution is -2.44. The number of amides is 2. The fourth-order valence-corrected chi connectivity index (χ4v) is 2.97. The van der Waals surface area contributed by atoms with Gasteiger partial charge in [-0.25, -0.2) is 4.79 Å². The van der Waals surface area contributed by atoms with E-state index in [1.807, 2.05) is 18.2 Å². The molecule has 0 aliphatic carbocycles. The molecule has 2 amide bonds. The van der Waals surface area contributed by atoms with E-state index >= 15 is 0 Å². The first-order valence-corrected chi connectivity index (χ1v) is 9.60. The van der Waals surface area contributed by atoms with Gasteiger partial charge in [0.25, 0.3) is 5.91 Å². The summed E-state index contributed by atoms with van der Waals surface area (Å²) in [5, 5.41) is 17.9. The summed E-state index contributed by atoms with van der Waals surface area (Å²) in [6, 6.07) is 15.0. The Morgan fingerprint density at radius 1 is 1.03 bits per heavy atom. The van der Waals surface area contributed by atoms with Crippen LogP contribution in [0.15, 0.2) is 67.0 Å². The van der Waals surface area contributed by atoms with E-state index in [1.165, 1.54) is 0 Å². The van der Waals surface area contributed by atoms with E-state index in [2.05, 4.69) is 15.6 Å². The second-order valence-electron chi connectivity index (χ2n) is 7.91. The van der Waals surface area contributed by atoms with E-state index < -0.39 is 29.7 Å². The standard InChI is InChI=1S/C23H25N3O4/c1-23(2,3)30-22(29)26-19(15-7-5-4-6-8-15)20(27)21(28)25-18-10-9-17-14-24-12-11-16(17)13-18/h4-14,19-20,27H,1-3H3,(H,25,28)(H,26,29)/t19-,20+/m0/s1. The summed E-state index contributed by atoms with van der Waals surface area (Å²) in [4.78, 5) is 29.1. The van der Waals surface area contributed by atoms with Crippen LogP contribution in [0.4, 0.5) is 10.5 Å². The molecule has 2 atom stereocenters. The first-order chi connectivity index (χ1) is 14.2. The maximum absolute atomic E-state index is 12.8. The number of carbonyl (C=O) groups excluding carboxylic acids is 2. The van der Waals surface area contributed by atoms with Crippen LogP contribution in [-0.4, -0.2) is 33.8 Å². The Hall–Kier alpha value is -3.45. The number of pyridine rings is 1. The number of aliphatic hydroxyl groups is 1. The zero-order valence-corrected chi connectivity index (χ0v) is 17.1. The fourth-order valence-electron chi connectivity index (χ4n) is 2.97. The number of rotatable bonds is 5. The molecule has 3 N–H and O–H groups in total. The molecule has 0 saturated heterocycles. The van der Waals surface area contributed by atoms with Gasteiger partial charge in [-0.3, -0.25) is 9.78 Å². The Balaban J connectivity index is 1.79. The molecule has 3 rings (SSSR count). The molecule has 1 heterocycles. The minimum Gasteiger partial charge on any atom is -0.444 e. The van der Waals surface area contributed by atoms with Gasteiger partial charge < -0.3 is 20.5 Å². The van der Waals surface area contributed by atoms with Gasteiger partial charge in [-0.05, 0) is 49.9 Å². The maximum atomic E-state index is 12.8. The van der Waals surface area contributed by atoms with E-state index in [0.29, 0.717) is 11.3 Å². The highest BCUT2D eigenvalue weighted by Gasteiger charge is 2.30. The molecular formula is C23H25N3O4. The van der Waals surface area contributed by atoms with Crippen LogP contribution < -0.4 is 10.6 Å². The topological polar surface area (TPSA) is 101 Å². The third kappa shape index (κ3) is 5.55. The van der Waals surface area contributed by atoms with Crippen molar-refractivity contribution in [1.29, 1.82) is 0 Å². The van der Waals surface area contributed by atoms with Crippen molar-refractivity contribution in [3.8, 4) is 0 Å². The number of anilines is 1. The molecule has 30 heavy (non-hydrogen) atoms. The molecule has 0 radical (unpaired) electrons. The zero-order valence-electron chi connectivity index (χ0n) is 17.1. The molecule has 0 aliphatic heterocycles. The highest BCUT2D eigenvalue weighted by molar-refractivity contribution is 5.97. The van der Waals surface area contributed by atoms with Crippen LogP contribution in [-0.2, 0) is 9.53 Å². The van der Waals surface area contributed by atoms with E-state index in [1.54, 1.807) is 69.6 Å². The van der Waals surface area contributed by atoms with Gasteiger partial charge in [0.1, 0.15) is 5.60 Å². The first-order valence-electron chi connectivity index (χ1n) is 9.60. The van der Waals surface area contributed by atoms with Crippen LogP contribution in [0, 0.1) is 0 Å². The quantitative estimate of drug-likeness (QED) is 0.597. The van der Waals surface area contributed by atoms with Crippen molar-refractivity contribution >= 4 is 28.5 Å². The Kier molecular flexibility index (Phi) is 6.32. The average molecular weight is 407 g/mol. The number of alkyl carbamates (subject to hydrolysis) is 1. The smallest absolute Gasteiger partial charge is 0.408 e. The first kappa shape index (κ1) is 21.3. The van der Waals surface area contributed by atoms with Gasteiger partial charge in [0.2, 0.25) is 0 Å². The fraction of sp³-hybridized carbons (Fsp3) is 0.261. The second-order valence-corrected chi connectivity index (χ2v) is 7.91. The van der Waals surface area contributed by atoms with Gasteiger partial charge in [0.15, 0.2) is 6.10 Å².